The molecule has 0 spiro atoms. The van der Waals surface area contributed by atoms with Gasteiger partial charge in [0.1, 0.15) is 12.4 Å². The molecule has 0 saturated heterocycles. The first kappa shape index (κ1) is 21.7. The second kappa shape index (κ2) is 9.65. The summed E-state index contributed by atoms with van der Waals surface area (Å²) in [7, 11) is 0. The molecular weight excluding hydrogens is 423 g/mol. The minimum atomic E-state index is -0.642. The molecular formula is C23H20Cl2N2O3. The Bertz CT molecular complexity index is 1110. The first-order valence-corrected chi connectivity index (χ1v) is 9.88. The zero-order valence-corrected chi connectivity index (χ0v) is 18.0. The lowest BCUT2D eigenvalue weighted by Crippen LogP contribution is -2.16. The summed E-state index contributed by atoms with van der Waals surface area (Å²) in [5.74, 6) is 0.126. The highest BCUT2D eigenvalue weighted by Crippen LogP contribution is 2.22. The van der Waals surface area contributed by atoms with Gasteiger partial charge in [-0.05, 0) is 61.4 Å². The zero-order valence-electron chi connectivity index (χ0n) is 16.5. The number of hydrogen-bond acceptors (Lipinski definition) is 4. The van der Waals surface area contributed by atoms with Gasteiger partial charge in [-0.1, -0.05) is 58.2 Å². The number of benzene rings is 3. The Kier molecular flexibility index (Phi) is 6.98. The fraction of sp³-hybridized carbons (Fsp3) is 0.130. The molecule has 2 N–H and O–H groups in total. The van der Waals surface area contributed by atoms with Gasteiger partial charge in [0.2, 0.25) is 0 Å². The molecule has 0 atom stereocenters. The van der Waals surface area contributed by atoms with E-state index in [1.807, 2.05) is 32.0 Å². The van der Waals surface area contributed by atoms with Crippen LogP contribution in [0.1, 0.15) is 32.6 Å². The lowest BCUT2D eigenvalue weighted by molar-refractivity contribution is 0.0516. The number of ether oxygens (including phenoxy) is 1. The monoisotopic (exact) mass is 442 g/mol. The van der Waals surface area contributed by atoms with Gasteiger partial charge in [-0.2, -0.15) is 0 Å². The van der Waals surface area contributed by atoms with Crippen LogP contribution in [0.4, 0.5) is 0 Å². The summed E-state index contributed by atoms with van der Waals surface area (Å²) in [6.07, 6.45) is 0. The Hall–Kier alpha value is -3.02. The molecule has 0 unspecified atom stereocenters. The molecule has 7 heteroatoms. The Balaban J connectivity index is 1.66. The van der Waals surface area contributed by atoms with E-state index >= 15 is 0 Å². The third-order valence-electron chi connectivity index (χ3n) is 4.32. The van der Waals surface area contributed by atoms with Crippen LogP contribution in [0.5, 0.6) is 5.75 Å². The summed E-state index contributed by atoms with van der Waals surface area (Å²) in [6.45, 7) is 4.34. The van der Waals surface area contributed by atoms with E-state index in [-0.39, 0.29) is 5.84 Å². The first-order chi connectivity index (χ1) is 14.3. The third kappa shape index (κ3) is 5.53. The summed E-state index contributed by atoms with van der Waals surface area (Å²) in [6, 6.07) is 17.7. The van der Waals surface area contributed by atoms with Crippen molar-refractivity contribution < 1.29 is 14.4 Å². The summed E-state index contributed by atoms with van der Waals surface area (Å²) < 4.78 is 5.87. The molecule has 0 fully saturated rings. The average Bonchev–Trinajstić information content (AvgIpc) is 2.71. The number of rotatable bonds is 6. The minimum Gasteiger partial charge on any atom is -0.489 e. The molecule has 0 bridgehead atoms. The van der Waals surface area contributed by atoms with E-state index < -0.39 is 5.97 Å². The van der Waals surface area contributed by atoms with E-state index in [1.165, 1.54) is 11.6 Å². The van der Waals surface area contributed by atoms with E-state index in [4.69, 9.17) is 38.5 Å². The largest absolute Gasteiger partial charge is 0.489 e. The van der Waals surface area contributed by atoms with E-state index in [9.17, 15) is 4.79 Å². The van der Waals surface area contributed by atoms with Crippen molar-refractivity contribution in [1.29, 1.82) is 0 Å². The maximum atomic E-state index is 12.4. The summed E-state index contributed by atoms with van der Waals surface area (Å²) in [5, 5.41) is 4.47. The van der Waals surface area contributed by atoms with Crippen LogP contribution in [0.3, 0.4) is 0 Å². The molecule has 30 heavy (non-hydrogen) atoms. The quantitative estimate of drug-likeness (QED) is 0.231. The highest BCUT2D eigenvalue weighted by molar-refractivity contribution is 6.36. The Morgan fingerprint density at radius 2 is 1.83 bits per heavy atom. The highest BCUT2D eigenvalue weighted by Gasteiger charge is 2.11. The predicted octanol–water partition coefficient (Wildman–Crippen LogP) is 5.67. The normalized spacial score (nSPS) is 11.3. The van der Waals surface area contributed by atoms with Gasteiger partial charge in [-0.3, -0.25) is 0 Å². The van der Waals surface area contributed by atoms with Crippen molar-refractivity contribution in [2.45, 2.75) is 20.5 Å². The summed E-state index contributed by atoms with van der Waals surface area (Å²) >= 11 is 11.9. The number of halogens is 2. The number of hydrogen-bond donors (Lipinski definition) is 1. The number of carbonyl (C=O) groups excluding carboxylic acids is 1. The van der Waals surface area contributed by atoms with Crippen molar-refractivity contribution >= 4 is 35.0 Å². The number of nitrogens with two attached hydrogens (primary N) is 1. The van der Waals surface area contributed by atoms with Gasteiger partial charge in [0.15, 0.2) is 5.84 Å². The van der Waals surface area contributed by atoms with Gasteiger partial charge < -0.3 is 15.3 Å². The average molecular weight is 443 g/mol. The standard InChI is InChI=1S/C23H20Cl2N2O3/c1-14-6-9-21(15(2)10-14)29-13-16-4-3-5-17(11-16)23(28)30-27-22(26)19-8-7-18(24)12-20(19)25/h3-12H,13H2,1-2H3,(H2,26,27). The Morgan fingerprint density at radius 3 is 2.57 bits per heavy atom. The molecule has 3 aromatic rings. The molecule has 0 radical (unpaired) electrons. The Labute approximate surface area is 185 Å². The van der Waals surface area contributed by atoms with E-state index in [0.29, 0.717) is 27.8 Å². The van der Waals surface area contributed by atoms with Crippen LogP contribution in [-0.2, 0) is 11.4 Å². The second-order valence-corrected chi connectivity index (χ2v) is 7.58. The van der Waals surface area contributed by atoms with Gasteiger partial charge in [0, 0.05) is 10.6 Å². The van der Waals surface area contributed by atoms with Crippen molar-refractivity contribution in [2.24, 2.45) is 10.9 Å². The number of nitrogens with zero attached hydrogens (tertiary/aromatic N) is 1. The van der Waals surface area contributed by atoms with Crippen molar-refractivity contribution in [2.75, 3.05) is 0 Å². The maximum absolute atomic E-state index is 12.4. The van der Waals surface area contributed by atoms with Gasteiger partial charge >= 0.3 is 5.97 Å². The van der Waals surface area contributed by atoms with Crippen LogP contribution >= 0.6 is 23.2 Å². The van der Waals surface area contributed by atoms with Crippen molar-refractivity contribution in [3.8, 4) is 5.75 Å². The molecule has 3 aromatic carbocycles. The smallest absolute Gasteiger partial charge is 0.365 e. The first-order valence-electron chi connectivity index (χ1n) is 9.12. The van der Waals surface area contributed by atoms with Crippen molar-refractivity contribution in [1.82, 2.24) is 0 Å². The van der Waals surface area contributed by atoms with Crippen LogP contribution in [0.15, 0.2) is 65.8 Å². The van der Waals surface area contributed by atoms with Crippen molar-refractivity contribution in [3.63, 3.8) is 0 Å². The summed E-state index contributed by atoms with van der Waals surface area (Å²) in [4.78, 5) is 17.3. The van der Waals surface area contributed by atoms with Crippen LogP contribution < -0.4 is 10.5 Å². The van der Waals surface area contributed by atoms with Gasteiger partial charge in [0.25, 0.3) is 0 Å². The molecule has 0 aromatic heterocycles. The number of amidine groups is 1. The number of oxime groups is 1. The topological polar surface area (TPSA) is 73.9 Å². The molecule has 0 aliphatic rings. The lowest BCUT2D eigenvalue weighted by atomic mass is 10.1. The molecule has 3 rings (SSSR count). The van der Waals surface area contributed by atoms with E-state index in [2.05, 4.69) is 11.2 Å². The van der Waals surface area contributed by atoms with Crippen molar-refractivity contribution in [3.05, 3.63) is 98.5 Å². The fourth-order valence-corrected chi connectivity index (χ4v) is 3.31. The molecule has 0 saturated carbocycles. The van der Waals surface area contributed by atoms with Crippen LogP contribution in [0.2, 0.25) is 10.0 Å². The Morgan fingerprint density at radius 1 is 1.03 bits per heavy atom. The molecule has 0 aliphatic heterocycles. The minimum absolute atomic E-state index is 0.0284. The summed E-state index contributed by atoms with van der Waals surface area (Å²) in [5.41, 5.74) is 9.66. The van der Waals surface area contributed by atoms with Crippen LogP contribution in [-0.4, -0.2) is 11.8 Å². The SMILES string of the molecule is Cc1ccc(OCc2cccc(C(=O)O/N=C(\N)c3ccc(Cl)cc3Cl)c2)c(C)c1. The highest BCUT2D eigenvalue weighted by atomic mass is 35.5. The zero-order chi connectivity index (χ0) is 21.7. The second-order valence-electron chi connectivity index (χ2n) is 6.74. The predicted molar refractivity (Wildman–Crippen MR) is 119 cm³/mol. The van der Waals surface area contributed by atoms with Gasteiger partial charge in [0.05, 0.1) is 10.6 Å². The number of aryl methyl sites for hydroxylation is 2. The number of carbonyl (C=O) groups is 1. The molecule has 154 valence electrons. The van der Waals surface area contributed by atoms with E-state index in [1.54, 1.807) is 30.3 Å². The van der Waals surface area contributed by atoms with Gasteiger partial charge in [-0.25, -0.2) is 4.79 Å². The third-order valence-corrected chi connectivity index (χ3v) is 4.87. The van der Waals surface area contributed by atoms with Crippen LogP contribution in [0.25, 0.3) is 0 Å². The fourth-order valence-electron chi connectivity index (χ4n) is 2.80. The lowest BCUT2D eigenvalue weighted by Gasteiger charge is -2.10. The van der Waals surface area contributed by atoms with Crippen LogP contribution in [0, 0.1) is 13.8 Å². The molecule has 0 amide bonds. The van der Waals surface area contributed by atoms with E-state index in [0.717, 1.165) is 16.9 Å². The molecule has 0 aliphatic carbocycles. The maximum Gasteiger partial charge on any atom is 0.365 e. The molecule has 5 nitrogen and oxygen atoms in total. The van der Waals surface area contributed by atoms with Gasteiger partial charge in [-0.15, -0.1) is 0 Å². The molecule has 0 heterocycles.